The number of ether oxygens (including phenoxy) is 1. The van der Waals surface area contributed by atoms with E-state index in [9.17, 15) is 5.11 Å². The third kappa shape index (κ3) is 4.51. The zero-order valence-electron chi connectivity index (χ0n) is 12.7. The van der Waals surface area contributed by atoms with Crippen LogP contribution in [0.5, 0.6) is 5.75 Å². The third-order valence-electron chi connectivity index (χ3n) is 3.15. The van der Waals surface area contributed by atoms with Gasteiger partial charge in [0.15, 0.2) is 0 Å². The summed E-state index contributed by atoms with van der Waals surface area (Å²) in [5.41, 5.74) is 2.01. The van der Waals surface area contributed by atoms with Crippen LogP contribution in [0.3, 0.4) is 0 Å². The van der Waals surface area contributed by atoms with Crippen LogP contribution in [-0.4, -0.2) is 23.8 Å². The summed E-state index contributed by atoms with van der Waals surface area (Å²) >= 11 is 0. The molecule has 0 saturated carbocycles. The van der Waals surface area contributed by atoms with Gasteiger partial charge in [-0.2, -0.15) is 0 Å². The highest BCUT2D eigenvalue weighted by atomic mass is 16.5. The monoisotopic (exact) mass is 265 g/mol. The fraction of sp³-hybridized carbons (Fsp3) is 0.625. The summed E-state index contributed by atoms with van der Waals surface area (Å²) in [4.78, 5) is 0. The molecule has 0 fully saturated rings. The Bertz CT molecular complexity index is 390. The number of hydrogen-bond donors (Lipinski definition) is 2. The highest BCUT2D eigenvalue weighted by molar-refractivity contribution is 5.39. The Hall–Kier alpha value is -1.06. The predicted molar refractivity (Wildman–Crippen MR) is 79.7 cm³/mol. The van der Waals surface area contributed by atoms with Gasteiger partial charge in [0.05, 0.1) is 12.7 Å². The van der Waals surface area contributed by atoms with Crippen LogP contribution < -0.4 is 10.1 Å². The van der Waals surface area contributed by atoms with Gasteiger partial charge in [-0.1, -0.05) is 32.4 Å². The second-order valence-electron chi connectivity index (χ2n) is 5.26. The molecule has 1 aromatic carbocycles. The maximum absolute atomic E-state index is 10.6. The molecule has 0 aliphatic rings. The van der Waals surface area contributed by atoms with Gasteiger partial charge in [0.1, 0.15) is 5.75 Å². The van der Waals surface area contributed by atoms with E-state index in [2.05, 4.69) is 26.1 Å². The molecule has 108 valence electrons. The molecule has 3 nitrogen and oxygen atoms in total. The fourth-order valence-corrected chi connectivity index (χ4v) is 2.26. The van der Waals surface area contributed by atoms with E-state index >= 15 is 0 Å². The van der Waals surface area contributed by atoms with Crippen molar-refractivity contribution in [3.8, 4) is 5.75 Å². The van der Waals surface area contributed by atoms with E-state index in [1.807, 2.05) is 32.0 Å². The first-order valence-electron chi connectivity index (χ1n) is 7.17. The minimum absolute atomic E-state index is 0.0426. The normalized spacial score (nSPS) is 14.5. The Morgan fingerprint density at radius 1 is 1.26 bits per heavy atom. The SMILES string of the molecule is CCOc1ccc(C)cc1C(O)C(CC)NC(C)C. The lowest BCUT2D eigenvalue weighted by molar-refractivity contribution is 0.117. The van der Waals surface area contributed by atoms with Gasteiger partial charge >= 0.3 is 0 Å². The molecule has 0 saturated heterocycles. The fourth-order valence-electron chi connectivity index (χ4n) is 2.26. The summed E-state index contributed by atoms with van der Waals surface area (Å²) in [5.74, 6) is 0.782. The topological polar surface area (TPSA) is 41.5 Å². The van der Waals surface area contributed by atoms with Crippen LogP contribution in [0, 0.1) is 6.92 Å². The molecule has 3 heteroatoms. The van der Waals surface area contributed by atoms with Crippen LogP contribution in [0.25, 0.3) is 0 Å². The van der Waals surface area contributed by atoms with Crippen molar-refractivity contribution in [1.82, 2.24) is 5.32 Å². The van der Waals surface area contributed by atoms with Crippen molar-refractivity contribution in [1.29, 1.82) is 0 Å². The van der Waals surface area contributed by atoms with Gasteiger partial charge in [-0.25, -0.2) is 0 Å². The Morgan fingerprint density at radius 2 is 1.95 bits per heavy atom. The van der Waals surface area contributed by atoms with Crippen molar-refractivity contribution in [2.75, 3.05) is 6.61 Å². The van der Waals surface area contributed by atoms with Crippen molar-refractivity contribution in [3.63, 3.8) is 0 Å². The van der Waals surface area contributed by atoms with Crippen LogP contribution >= 0.6 is 0 Å². The molecule has 0 radical (unpaired) electrons. The molecule has 0 bridgehead atoms. The van der Waals surface area contributed by atoms with Gasteiger partial charge < -0.3 is 15.2 Å². The second-order valence-corrected chi connectivity index (χ2v) is 5.26. The molecule has 2 unspecified atom stereocenters. The summed E-state index contributed by atoms with van der Waals surface area (Å²) in [6.07, 6.45) is 0.327. The summed E-state index contributed by atoms with van der Waals surface area (Å²) in [6.45, 7) is 10.9. The van der Waals surface area contributed by atoms with Crippen molar-refractivity contribution in [2.45, 2.75) is 59.2 Å². The first kappa shape index (κ1) is 16.0. The number of rotatable bonds is 7. The van der Waals surface area contributed by atoms with Crippen molar-refractivity contribution >= 4 is 0 Å². The number of hydrogen-bond acceptors (Lipinski definition) is 3. The van der Waals surface area contributed by atoms with E-state index in [1.165, 1.54) is 0 Å². The zero-order valence-corrected chi connectivity index (χ0v) is 12.7. The largest absolute Gasteiger partial charge is 0.493 e. The molecule has 0 aliphatic carbocycles. The van der Waals surface area contributed by atoms with Crippen molar-refractivity contribution in [2.24, 2.45) is 0 Å². The minimum Gasteiger partial charge on any atom is -0.493 e. The number of aryl methyl sites for hydroxylation is 1. The minimum atomic E-state index is -0.547. The molecule has 2 atom stereocenters. The lowest BCUT2D eigenvalue weighted by Crippen LogP contribution is -2.39. The molecule has 0 aromatic heterocycles. The average Bonchev–Trinajstić information content (AvgIpc) is 2.37. The molecule has 19 heavy (non-hydrogen) atoms. The van der Waals surface area contributed by atoms with E-state index in [0.29, 0.717) is 12.6 Å². The Morgan fingerprint density at radius 3 is 2.47 bits per heavy atom. The first-order chi connectivity index (χ1) is 8.99. The van der Waals surface area contributed by atoms with Crippen LogP contribution in [0.15, 0.2) is 18.2 Å². The van der Waals surface area contributed by atoms with Gasteiger partial charge in [0.2, 0.25) is 0 Å². The highest BCUT2D eigenvalue weighted by Gasteiger charge is 2.23. The van der Waals surface area contributed by atoms with E-state index in [4.69, 9.17) is 4.74 Å². The van der Waals surface area contributed by atoms with Crippen molar-refractivity contribution < 1.29 is 9.84 Å². The van der Waals surface area contributed by atoms with Gasteiger partial charge in [-0.3, -0.25) is 0 Å². The van der Waals surface area contributed by atoms with E-state index in [1.54, 1.807) is 0 Å². The van der Waals surface area contributed by atoms with Gasteiger partial charge in [0, 0.05) is 17.6 Å². The number of aliphatic hydroxyl groups is 1. The standard InChI is InChI=1S/C16H27NO2/c1-6-14(17-11(3)4)16(18)13-10-12(5)8-9-15(13)19-7-2/h8-11,14,16-18H,6-7H2,1-5H3. The molecule has 1 aromatic rings. The molecule has 0 aliphatic heterocycles. The van der Waals surface area contributed by atoms with Crippen molar-refractivity contribution in [3.05, 3.63) is 29.3 Å². The molecule has 0 heterocycles. The lowest BCUT2D eigenvalue weighted by atomic mass is 9.97. The summed E-state index contributed by atoms with van der Waals surface area (Å²) < 4.78 is 5.62. The van der Waals surface area contributed by atoms with Crippen LogP contribution in [0.1, 0.15) is 51.3 Å². The Labute approximate surface area is 117 Å². The second kappa shape index (κ2) is 7.51. The Kier molecular flexibility index (Phi) is 6.32. The molecule has 0 spiro atoms. The van der Waals surface area contributed by atoms with Crippen LogP contribution in [0.4, 0.5) is 0 Å². The summed E-state index contributed by atoms with van der Waals surface area (Å²) in [5, 5.41) is 14.0. The molecule has 2 N–H and O–H groups in total. The van der Waals surface area contributed by atoms with Gasteiger partial charge in [-0.05, 0) is 32.4 Å². The molecular formula is C16H27NO2. The summed E-state index contributed by atoms with van der Waals surface area (Å²) in [7, 11) is 0. The maximum atomic E-state index is 10.6. The predicted octanol–water partition coefficient (Wildman–Crippen LogP) is 3.20. The lowest BCUT2D eigenvalue weighted by Gasteiger charge is -2.27. The van der Waals surface area contributed by atoms with Gasteiger partial charge in [0.25, 0.3) is 0 Å². The summed E-state index contributed by atoms with van der Waals surface area (Å²) in [6, 6.07) is 6.36. The maximum Gasteiger partial charge on any atom is 0.125 e. The smallest absolute Gasteiger partial charge is 0.125 e. The molecule has 0 amide bonds. The van der Waals surface area contributed by atoms with Crippen LogP contribution in [-0.2, 0) is 0 Å². The average molecular weight is 265 g/mol. The molecule has 1 rings (SSSR count). The highest BCUT2D eigenvalue weighted by Crippen LogP contribution is 2.29. The van der Waals surface area contributed by atoms with Crippen LogP contribution in [0.2, 0.25) is 0 Å². The number of nitrogens with one attached hydrogen (secondary N) is 1. The van der Waals surface area contributed by atoms with E-state index in [0.717, 1.165) is 23.3 Å². The van der Waals surface area contributed by atoms with E-state index < -0.39 is 6.10 Å². The number of aliphatic hydroxyl groups excluding tert-OH is 1. The van der Waals surface area contributed by atoms with Gasteiger partial charge in [-0.15, -0.1) is 0 Å². The first-order valence-corrected chi connectivity index (χ1v) is 7.17. The Balaban J connectivity index is 3.01. The zero-order chi connectivity index (χ0) is 14.4. The quantitative estimate of drug-likeness (QED) is 0.795. The third-order valence-corrected chi connectivity index (χ3v) is 3.15. The van der Waals surface area contributed by atoms with E-state index in [-0.39, 0.29) is 6.04 Å². The number of benzene rings is 1. The molecular weight excluding hydrogens is 238 g/mol.